The summed E-state index contributed by atoms with van der Waals surface area (Å²) in [4.78, 5) is 62.9. The summed E-state index contributed by atoms with van der Waals surface area (Å²) in [7, 11) is 5.38. The fourth-order valence-electron chi connectivity index (χ4n) is 11.5. The molecule has 2 amide bonds. The van der Waals surface area contributed by atoms with E-state index in [-0.39, 0.29) is 71.6 Å². The first kappa shape index (κ1) is 57.5. The van der Waals surface area contributed by atoms with E-state index >= 15 is 0 Å². The van der Waals surface area contributed by atoms with E-state index in [1.807, 2.05) is 12.1 Å². The fraction of sp³-hybridized carbons (Fsp3) is 0.350. The van der Waals surface area contributed by atoms with Crippen molar-refractivity contribution >= 4 is 41.6 Å². The molecule has 22 nitrogen and oxygen atoms in total. The lowest BCUT2D eigenvalue weighted by molar-refractivity contribution is -0.124. The second kappa shape index (κ2) is 24.7. The average Bonchev–Trinajstić information content (AvgIpc) is 1.44. The zero-order valence-corrected chi connectivity index (χ0v) is 46.2. The van der Waals surface area contributed by atoms with Gasteiger partial charge in [0.15, 0.2) is 23.6 Å². The molecule has 9 rings (SSSR count). The third-order valence-corrected chi connectivity index (χ3v) is 16.1. The molecule has 22 heteroatoms. The van der Waals surface area contributed by atoms with Crippen molar-refractivity contribution in [3.8, 4) is 34.5 Å². The molecule has 4 aliphatic rings. The van der Waals surface area contributed by atoms with Crippen LogP contribution in [-0.4, -0.2) is 130 Å². The maximum Gasteiger partial charge on any atom is 0.415 e. The Morgan fingerprint density at radius 3 is 1.93 bits per heavy atom. The number of nitrogens with one attached hydrogen (secondary N) is 4. The molecule has 5 aromatic rings. The molecule has 6 atom stereocenters. The van der Waals surface area contributed by atoms with Gasteiger partial charge in [-0.15, -0.1) is 0 Å². The molecule has 430 valence electrons. The molecule has 2 bridgehead atoms. The highest BCUT2D eigenvalue weighted by atomic mass is 16.6. The van der Waals surface area contributed by atoms with Crippen LogP contribution in [0.1, 0.15) is 82.0 Å². The predicted molar refractivity (Wildman–Crippen MR) is 306 cm³/mol. The molecule has 0 saturated carbocycles. The van der Waals surface area contributed by atoms with Gasteiger partial charge in [0.05, 0.1) is 35.7 Å². The second-order valence-corrected chi connectivity index (χ2v) is 21.0. The van der Waals surface area contributed by atoms with Gasteiger partial charge in [-0.25, -0.2) is 14.4 Å². The van der Waals surface area contributed by atoms with Crippen molar-refractivity contribution < 1.29 is 52.3 Å². The second-order valence-electron chi connectivity index (χ2n) is 21.0. The number of esters is 2. The Bertz CT molecular complexity index is 3260. The molecule has 2 heterocycles. The van der Waals surface area contributed by atoms with Gasteiger partial charge < -0.3 is 71.2 Å². The van der Waals surface area contributed by atoms with Crippen LogP contribution in [0.25, 0.3) is 0 Å². The van der Waals surface area contributed by atoms with E-state index < -0.39 is 47.5 Å². The number of methoxy groups -OCH3 is 1. The number of rotatable bonds is 24. The van der Waals surface area contributed by atoms with Crippen molar-refractivity contribution in [1.82, 2.24) is 20.4 Å². The quantitative estimate of drug-likeness (QED) is 0.00967. The van der Waals surface area contributed by atoms with E-state index in [0.717, 1.165) is 24.9 Å². The first-order valence-corrected chi connectivity index (χ1v) is 27.0. The SMILES string of the molecule is COc1ccc2c3c1O[C@H]1C(OC(=O)N(C)C(CNC(=O)[C@H](CCCCN=C(N)N)NCOc4ccc(C(=O)Oc5ccc(C(=N)N)cc5)cc4)COc4ccc(C(=O)Oc5ccc(C(=N)N)cc5)cc4)=CC[C@@]4(C)[C@@H](C2)N(C)CC[C@]314. The number of aliphatic imine (C=N–C) groups is 1. The zero-order chi connectivity index (χ0) is 58.3. The van der Waals surface area contributed by atoms with Crippen molar-refractivity contribution in [3.63, 3.8) is 0 Å². The topological polar surface area (TPSA) is 328 Å². The number of likely N-dealkylation sites (N-methyl/N-ethyl adjacent to an activating group) is 2. The van der Waals surface area contributed by atoms with Crippen LogP contribution in [0, 0.1) is 16.2 Å². The number of amidine groups is 2. The molecule has 5 aromatic carbocycles. The minimum atomic E-state index is -0.814. The number of nitrogens with two attached hydrogens (primary N) is 4. The first-order chi connectivity index (χ1) is 39.4. The third kappa shape index (κ3) is 12.1. The Balaban J connectivity index is 0.896. The molecule has 1 fully saturated rings. The van der Waals surface area contributed by atoms with Crippen LogP contribution < -0.4 is 62.0 Å². The Morgan fingerprint density at radius 1 is 0.780 bits per heavy atom. The lowest BCUT2D eigenvalue weighted by Crippen LogP contribution is -2.69. The highest BCUT2D eigenvalue weighted by molar-refractivity contribution is 5.96. The summed E-state index contributed by atoms with van der Waals surface area (Å²) in [6.07, 6.45) is 4.46. The van der Waals surface area contributed by atoms with Crippen molar-refractivity contribution in [3.05, 3.63) is 154 Å². The van der Waals surface area contributed by atoms with Gasteiger partial charge in [0, 0.05) is 48.3 Å². The first-order valence-electron chi connectivity index (χ1n) is 27.0. The smallest absolute Gasteiger partial charge is 0.415 e. The van der Waals surface area contributed by atoms with Gasteiger partial charge in [0.2, 0.25) is 5.91 Å². The number of nitrogens with zero attached hydrogens (tertiary/aromatic N) is 3. The Hall–Kier alpha value is -9.15. The van der Waals surface area contributed by atoms with Gasteiger partial charge in [-0.1, -0.05) is 13.0 Å². The molecule has 82 heavy (non-hydrogen) atoms. The zero-order valence-electron chi connectivity index (χ0n) is 46.2. The number of guanidine groups is 1. The van der Waals surface area contributed by atoms with Gasteiger partial charge in [0.25, 0.3) is 0 Å². The average molecular weight is 1120 g/mol. The Labute approximate surface area is 475 Å². The Morgan fingerprint density at radius 2 is 1.35 bits per heavy atom. The van der Waals surface area contributed by atoms with E-state index in [4.69, 9.17) is 66.9 Å². The fourth-order valence-corrected chi connectivity index (χ4v) is 11.5. The minimum absolute atomic E-state index is 0.0376. The van der Waals surface area contributed by atoms with E-state index in [9.17, 15) is 19.2 Å². The lowest BCUT2D eigenvalue weighted by atomic mass is 9.45. The molecular formula is C60H69N11O11. The van der Waals surface area contributed by atoms with Crippen LogP contribution >= 0.6 is 0 Å². The lowest BCUT2D eigenvalue weighted by Gasteiger charge is -2.63. The normalized spacial score (nSPS) is 19.8. The molecule has 1 saturated heterocycles. The molecule has 2 aliphatic carbocycles. The van der Waals surface area contributed by atoms with Crippen LogP contribution in [0.3, 0.4) is 0 Å². The van der Waals surface area contributed by atoms with Gasteiger partial charge in [0.1, 0.15) is 53.8 Å². The largest absolute Gasteiger partial charge is 0.493 e. The van der Waals surface area contributed by atoms with Crippen LogP contribution in [0.15, 0.2) is 126 Å². The van der Waals surface area contributed by atoms with Crippen molar-refractivity contribution in [2.45, 2.75) is 75.1 Å². The molecule has 12 N–H and O–H groups in total. The van der Waals surface area contributed by atoms with Crippen LogP contribution in [-0.2, 0) is 21.4 Å². The molecule has 1 unspecified atom stereocenters. The predicted octanol–water partition coefficient (Wildman–Crippen LogP) is 5.33. The van der Waals surface area contributed by atoms with Crippen LogP contribution in [0.5, 0.6) is 34.5 Å². The van der Waals surface area contributed by atoms with E-state index in [1.165, 1.54) is 10.5 Å². The number of allylic oxidation sites excluding steroid dienone is 1. The minimum Gasteiger partial charge on any atom is -0.493 e. The third-order valence-electron chi connectivity index (χ3n) is 16.1. The van der Waals surface area contributed by atoms with Crippen molar-refractivity contribution in [1.29, 1.82) is 10.8 Å². The summed E-state index contributed by atoms with van der Waals surface area (Å²) in [6.45, 7) is 3.22. The highest BCUT2D eigenvalue weighted by Crippen LogP contribution is 2.69. The number of benzene rings is 5. The number of nitrogen functional groups attached to an aromatic ring is 2. The van der Waals surface area contributed by atoms with Crippen LogP contribution in [0.4, 0.5) is 4.79 Å². The Kier molecular flexibility index (Phi) is 17.3. The van der Waals surface area contributed by atoms with Gasteiger partial charge in [-0.3, -0.25) is 25.9 Å². The van der Waals surface area contributed by atoms with E-state index in [2.05, 4.69) is 40.6 Å². The maximum atomic E-state index is 14.7. The van der Waals surface area contributed by atoms with Crippen molar-refractivity contribution in [2.75, 3.05) is 54.2 Å². The number of carbonyl (C=O) groups is 4. The van der Waals surface area contributed by atoms with Gasteiger partial charge in [-0.05, 0) is 167 Å². The van der Waals surface area contributed by atoms with E-state index in [1.54, 1.807) is 111 Å². The molecule has 0 aromatic heterocycles. The van der Waals surface area contributed by atoms with Crippen molar-refractivity contribution in [2.24, 2.45) is 33.3 Å². The molecule has 2 aliphatic heterocycles. The summed E-state index contributed by atoms with van der Waals surface area (Å²) in [5.41, 5.74) is 25.3. The summed E-state index contributed by atoms with van der Waals surface area (Å²) < 4.78 is 42.5. The number of carbonyl (C=O) groups excluding carboxylic acids is 4. The number of amides is 2. The number of hydrogen-bond donors (Lipinski definition) is 8. The van der Waals surface area contributed by atoms with Gasteiger partial charge in [-0.2, -0.15) is 0 Å². The maximum absolute atomic E-state index is 14.7. The summed E-state index contributed by atoms with van der Waals surface area (Å²) >= 11 is 0. The standard InChI is InChI=1S/C60H69N11O11/c1-59-27-26-47(51-60(59)28-30-70(2)48(59)31-39-16-25-46(76-4)50(82-51)49(39)60)81-58(75)71(3)40(33-77-41-17-12-37(13-18-41)55(73)79-43-21-8-35(9-22-43)52(61)62)32-68-54(72)45(7-5-6-29-67-57(65)66)69-34-78-42-19-14-38(15-20-42)56(74)80-44-23-10-36(11-24-44)53(63)64/h8-26,40,45,48,51,69H,5-7,27-34H2,1-4H3,(H3,61,62)(H3,63,64)(H,68,72)(H4,65,66,67)/t40?,45-,48+,51-,59-,60-/m0/s1. The number of piperidine rings is 1. The highest BCUT2D eigenvalue weighted by Gasteiger charge is 2.70. The summed E-state index contributed by atoms with van der Waals surface area (Å²) in [5.74, 6) is 1.19. The summed E-state index contributed by atoms with van der Waals surface area (Å²) in [6, 6.07) is 27.8. The molecule has 0 radical (unpaired) electrons. The number of ether oxygens (including phenoxy) is 7. The molecular weight excluding hydrogens is 1050 g/mol. The summed E-state index contributed by atoms with van der Waals surface area (Å²) in [5, 5.41) is 21.4. The van der Waals surface area contributed by atoms with Crippen LogP contribution in [0.2, 0.25) is 0 Å². The monoisotopic (exact) mass is 1120 g/mol. The van der Waals surface area contributed by atoms with Gasteiger partial charge >= 0.3 is 18.0 Å². The molecule has 1 spiro atoms. The number of unbranched alkanes of at least 4 members (excludes halogenated alkanes) is 1. The van der Waals surface area contributed by atoms with E-state index in [0.29, 0.717) is 72.1 Å². The number of hydrogen-bond acceptors (Lipinski definition) is 16. The number of likely N-dealkylation sites (tertiary alicyclic amines) is 1.